The lowest BCUT2D eigenvalue weighted by Gasteiger charge is -2.41. The van der Waals surface area contributed by atoms with Crippen LogP contribution in [0.15, 0.2) is 0 Å². The van der Waals surface area contributed by atoms with Crippen molar-refractivity contribution in [3.05, 3.63) is 0 Å². The number of likely N-dealkylation sites (N-methyl/N-ethyl adjacent to an activating group) is 1. The Labute approximate surface area is 99.6 Å². The minimum atomic E-state index is -0.430. The molecule has 0 saturated carbocycles. The number of rotatable bonds is 3. The second kappa shape index (κ2) is 5.17. The van der Waals surface area contributed by atoms with Gasteiger partial charge in [0, 0.05) is 12.6 Å². The number of hydrogen-bond donors (Lipinski definition) is 1. The van der Waals surface area contributed by atoms with E-state index in [9.17, 15) is 4.79 Å². The topological polar surface area (TPSA) is 32.3 Å². The molecule has 16 heavy (non-hydrogen) atoms. The number of piperidine rings is 1. The van der Waals surface area contributed by atoms with E-state index in [1.807, 2.05) is 20.8 Å². The van der Waals surface area contributed by atoms with Crippen LogP contribution in [0.5, 0.6) is 0 Å². The first-order valence-corrected chi connectivity index (χ1v) is 6.44. The molecule has 94 valence electrons. The van der Waals surface area contributed by atoms with E-state index >= 15 is 0 Å². The van der Waals surface area contributed by atoms with Crippen LogP contribution in [0.2, 0.25) is 0 Å². The van der Waals surface area contributed by atoms with Gasteiger partial charge in [0.2, 0.25) is 5.91 Å². The van der Waals surface area contributed by atoms with Gasteiger partial charge >= 0.3 is 0 Å². The van der Waals surface area contributed by atoms with Crippen molar-refractivity contribution in [1.82, 2.24) is 10.2 Å². The molecule has 1 heterocycles. The Balaban J connectivity index is 2.71. The van der Waals surface area contributed by atoms with Crippen molar-refractivity contribution in [3.63, 3.8) is 0 Å². The highest BCUT2D eigenvalue weighted by Crippen LogP contribution is 2.23. The van der Waals surface area contributed by atoms with Crippen LogP contribution in [0.3, 0.4) is 0 Å². The molecule has 1 N–H and O–H groups in total. The average molecular weight is 226 g/mol. The molecule has 1 amide bonds. The summed E-state index contributed by atoms with van der Waals surface area (Å²) in [4.78, 5) is 14.5. The van der Waals surface area contributed by atoms with Crippen LogP contribution in [-0.4, -0.2) is 35.5 Å². The van der Waals surface area contributed by atoms with Crippen molar-refractivity contribution in [1.29, 1.82) is 0 Å². The first-order chi connectivity index (χ1) is 7.38. The zero-order valence-electron chi connectivity index (χ0n) is 11.3. The molecular formula is C13H26N2O. The number of likely N-dealkylation sites (tertiary alicyclic amines) is 1. The van der Waals surface area contributed by atoms with E-state index in [1.165, 1.54) is 6.42 Å². The number of nitrogens with zero attached hydrogens (tertiary/aromatic N) is 1. The van der Waals surface area contributed by atoms with Gasteiger partial charge in [-0.05, 0) is 46.1 Å². The first-order valence-electron chi connectivity index (χ1n) is 6.44. The second-order valence-electron chi connectivity index (χ2n) is 5.64. The van der Waals surface area contributed by atoms with Crippen LogP contribution in [0.4, 0.5) is 0 Å². The molecular weight excluding hydrogens is 200 g/mol. The van der Waals surface area contributed by atoms with Crippen molar-refractivity contribution in [2.24, 2.45) is 5.92 Å². The van der Waals surface area contributed by atoms with Gasteiger partial charge in [-0.25, -0.2) is 0 Å². The van der Waals surface area contributed by atoms with E-state index in [-0.39, 0.29) is 5.91 Å². The van der Waals surface area contributed by atoms with Crippen LogP contribution in [0.25, 0.3) is 0 Å². The summed E-state index contributed by atoms with van der Waals surface area (Å²) in [6.07, 6.45) is 2.38. The molecule has 1 aliphatic rings. The number of amides is 1. The summed E-state index contributed by atoms with van der Waals surface area (Å²) < 4.78 is 0. The Kier molecular flexibility index (Phi) is 4.36. The zero-order valence-corrected chi connectivity index (χ0v) is 11.3. The Morgan fingerprint density at radius 1 is 1.38 bits per heavy atom. The van der Waals surface area contributed by atoms with Crippen LogP contribution < -0.4 is 5.32 Å². The summed E-state index contributed by atoms with van der Waals surface area (Å²) in [5, 5.41) is 3.26. The first kappa shape index (κ1) is 13.5. The minimum Gasteiger partial charge on any atom is -0.338 e. The molecule has 1 saturated heterocycles. The maximum absolute atomic E-state index is 12.4. The molecule has 0 radical (unpaired) electrons. The molecule has 0 aromatic carbocycles. The number of carbonyl (C=O) groups excluding carboxylic acids is 1. The Hall–Kier alpha value is -0.570. The highest BCUT2D eigenvalue weighted by molar-refractivity contribution is 5.85. The lowest BCUT2D eigenvalue weighted by Crippen LogP contribution is -2.58. The molecule has 1 rings (SSSR count). The Bertz CT molecular complexity index is 250. The van der Waals surface area contributed by atoms with Gasteiger partial charge in [0.25, 0.3) is 0 Å². The normalized spacial score (nSPS) is 26.9. The van der Waals surface area contributed by atoms with Crippen molar-refractivity contribution in [3.8, 4) is 0 Å². The van der Waals surface area contributed by atoms with Gasteiger partial charge in [-0.3, -0.25) is 4.79 Å². The second-order valence-corrected chi connectivity index (χ2v) is 5.64. The quantitative estimate of drug-likeness (QED) is 0.798. The standard InChI is InChI=1S/C13H26N2O/c1-6-14-13(4,5)12(16)15-9-10(2)7-8-11(15)3/h10-11,14H,6-9H2,1-5H3. The Morgan fingerprint density at radius 2 is 2.00 bits per heavy atom. The maximum Gasteiger partial charge on any atom is 0.242 e. The molecule has 2 unspecified atom stereocenters. The third kappa shape index (κ3) is 2.97. The molecule has 0 aliphatic carbocycles. The van der Waals surface area contributed by atoms with Gasteiger partial charge in [-0.15, -0.1) is 0 Å². The van der Waals surface area contributed by atoms with Gasteiger partial charge in [-0.2, -0.15) is 0 Å². The van der Waals surface area contributed by atoms with Gasteiger partial charge < -0.3 is 10.2 Å². The van der Waals surface area contributed by atoms with Gasteiger partial charge in [-0.1, -0.05) is 13.8 Å². The number of nitrogens with one attached hydrogen (secondary N) is 1. The summed E-state index contributed by atoms with van der Waals surface area (Å²) in [6, 6.07) is 0.390. The number of hydrogen-bond acceptors (Lipinski definition) is 2. The van der Waals surface area contributed by atoms with Crippen LogP contribution >= 0.6 is 0 Å². The van der Waals surface area contributed by atoms with Crippen LogP contribution in [0.1, 0.15) is 47.5 Å². The van der Waals surface area contributed by atoms with Gasteiger partial charge in [0.15, 0.2) is 0 Å². The summed E-state index contributed by atoms with van der Waals surface area (Å²) in [6.45, 7) is 12.1. The zero-order chi connectivity index (χ0) is 12.3. The van der Waals surface area contributed by atoms with Crippen molar-refractivity contribution in [2.45, 2.75) is 59.0 Å². The average Bonchev–Trinajstić information content (AvgIpc) is 2.20. The van der Waals surface area contributed by atoms with Crippen LogP contribution in [0, 0.1) is 5.92 Å². The molecule has 0 bridgehead atoms. The third-order valence-electron chi connectivity index (χ3n) is 3.53. The summed E-state index contributed by atoms with van der Waals surface area (Å²) in [7, 11) is 0. The molecule has 3 heteroatoms. The molecule has 3 nitrogen and oxygen atoms in total. The van der Waals surface area contributed by atoms with Gasteiger partial charge in [0.05, 0.1) is 5.54 Å². The number of carbonyl (C=O) groups is 1. The predicted octanol–water partition coefficient (Wildman–Crippen LogP) is 2.02. The smallest absolute Gasteiger partial charge is 0.242 e. The summed E-state index contributed by atoms with van der Waals surface area (Å²) in [5.41, 5.74) is -0.430. The largest absolute Gasteiger partial charge is 0.338 e. The summed E-state index contributed by atoms with van der Waals surface area (Å²) in [5.74, 6) is 0.881. The molecule has 0 aromatic rings. The van der Waals surface area contributed by atoms with Crippen LogP contribution in [-0.2, 0) is 4.79 Å². The van der Waals surface area contributed by atoms with E-state index in [0.29, 0.717) is 12.0 Å². The predicted molar refractivity (Wildman–Crippen MR) is 67.3 cm³/mol. The van der Waals surface area contributed by atoms with Crippen molar-refractivity contribution < 1.29 is 4.79 Å². The highest BCUT2D eigenvalue weighted by atomic mass is 16.2. The van der Waals surface area contributed by atoms with Crippen molar-refractivity contribution in [2.75, 3.05) is 13.1 Å². The molecule has 0 spiro atoms. The van der Waals surface area contributed by atoms with E-state index in [1.54, 1.807) is 0 Å². The van der Waals surface area contributed by atoms with E-state index in [0.717, 1.165) is 19.5 Å². The SMILES string of the molecule is CCNC(C)(C)C(=O)N1CC(C)CCC1C. The lowest BCUT2D eigenvalue weighted by molar-refractivity contribution is -0.141. The fraction of sp³-hybridized carbons (Fsp3) is 0.923. The fourth-order valence-corrected chi connectivity index (χ4v) is 2.45. The fourth-order valence-electron chi connectivity index (χ4n) is 2.45. The molecule has 2 atom stereocenters. The van der Waals surface area contributed by atoms with E-state index in [4.69, 9.17) is 0 Å². The minimum absolute atomic E-state index is 0.244. The van der Waals surface area contributed by atoms with Crippen molar-refractivity contribution >= 4 is 5.91 Å². The lowest BCUT2D eigenvalue weighted by atomic mass is 9.92. The van der Waals surface area contributed by atoms with E-state index in [2.05, 4.69) is 24.1 Å². The third-order valence-corrected chi connectivity index (χ3v) is 3.53. The van der Waals surface area contributed by atoms with Gasteiger partial charge in [0.1, 0.15) is 0 Å². The molecule has 0 aromatic heterocycles. The molecule has 1 aliphatic heterocycles. The maximum atomic E-state index is 12.4. The molecule has 1 fully saturated rings. The monoisotopic (exact) mass is 226 g/mol. The summed E-state index contributed by atoms with van der Waals surface area (Å²) >= 11 is 0. The Morgan fingerprint density at radius 3 is 2.56 bits per heavy atom. The van der Waals surface area contributed by atoms with E-state index < -0.39 is 5.54 Å². The highest BCUT2D eigenvalue weighted by Gasteiger charge is 2.35.